The number of hydrogen-bond acceptors (Lipinski definition) is 5. The van der Waals surface area contributed by atoms with Gasteiger partial charge >= 0.3 is 11.9 Å². The van der Waals surface area contributed by atoms with E-state index in [1.54, 1.807) is 0 Å². The molecule has 0 N–H and O–H groups in total. The molecule has 1 atom stereocenters. The van der Waals surface area contributed by atoms with Crippen LogP contribution in [0.5, 0.6) is 0 Å². The molecule has 0 saturated heterocycles. The Morgan fingerprint density at radius 2 is 0.643 bits per heavy atom. The molecule has 0 bridgehead atoms. The number of carbonyl (C=O) groups is 2. The fourth-order valence-electron chi connectivity index (χ4n) is 8.45. The number of hydrogen-bond donors (Lipinski definition) is 0. The Morgan fingerprint density at radius 3 is 1.07 bits per heavy atom. The van der Waals surface area contributed by atoms with Crippen LogP contribution in [0.2, 0.25) is 0 Å². The van der Waals surface area contributed by atoms with E-state index in [0.29, 0.717) is 19.4 Å². The zero-order chi connectivity index (χ0) is 50.6. The van der Waals surface area contributed by atoms with Gasteiger partial charge in [-0.15, -0.1) is 0 Å². The molecule has 70 heavy (non-hydrogen) atoms. The van der Waals surface area contributed by atoms with Crippen molar-refractivity contribution in [2.75, 3.05) is 19.8 Å². The fourth-order valence-corrected chi connectivity index (χ4v) is 8.45. The molecule has 0 aromatic heterocycles. The van der Waals surface area contributed by atoms with Crippen LogP contribution >= 0.6 is 0 Å². The van der Waals surface area contributed by atoms with Crippen LogP contribution in [0.3, 0.4) is 0 Å². The Kier molecular flexibility index (Phi) is 57.9. The van der Waals surface area contributed by atoms with Crippen LogP contribution in [0.1, 0.15) is 290 Å². The normalized spacial score (nSPS) is 12.8. The summed E-state index contributed by atoms with van der Waals surface area (Å²) in [6.45, 7) is 7.69. The maximum Gasteiger partial charge on any atom is 0.306 e. The molecule has 0 saturated carbocycles. The van der Waals surface area contributed by atoms with Crippen LogP contribution in [0.4, 0.5) is 0 Å². The number of unbranched alkanes of at least 4 members (excludes halogenated alkanes) is 30. The summed E-state index contributed by atoms with van der Waals surface area (Å²) in [7, 11) is 0. The number of allylic oxidation sites excluding steroid dienone is 14. The summed E-state index contributed by atoms with van der Waals surface area (Å²) in [6, 6.07) is 0. The zero-order valence-corrected chi connectivity index (χ0v) is 46.5. The molecule has 0 aliphatic heterocycles. The molecular weight excluding hydrogens is 861 g/mol. The molecule has 0 aromatic rings. The first-order chi connectivity index (χ1) is 34.6. The minimum Gasteiger partial charge on any atom is -0.462 e. The average molecular weight is 976 g/mol. The van der Waals surface area contributed by atoms with Crippen molar-refractivity contribution in [1.82, 2.24) is 0 Å². The van der Waals surface area contributed by atoms with Gasteiger partial charge in [0.15, 0.2) is 6.10 Å². The molecule has 0 fully saturated rings. The minimum atomic E-state index is -0.555. The van der Waals surface area contributed by atoms with Crippen molar-refractivity contribution in [3.63, 3.8) is 0 Å². The van der Waals surface area contributed by atoms with Gasteiger partial charge in [-0.05, 0) is 96.3 Å². The molecule has 0 unspecified atom stereocenters. The molecule has 5 nitrogen and oxygen atoms in total. The van der Waals surface area contributed by atoms with Gasteiger partial charge in [0.2, 0.25) is 0 Å². The summed E-state index contributed by atoms with van der Waals surface area (Å²) in [5.74, 6) is -0.429. The lowest BCUT2D eigenvalue weighted by Crippen LogP contribution is -2.30. The first kappa shape index (κ1) is 67.1. The van der Waals surface area contributed by atoms with Crippen molar-refractivity contribution >= 4 is 11.9 Å². The minimum absolute atomic E-state index is 0.0659. The van der Waals surface area contributed by atoms with Crippen molar-refractivity contribution in [3.8, 4) is 0 Å². The van der Waals surface area contributed by atoms with E-state index in [4.69, 9.17) is 14.2 Å². The van der Waals surface area contributed by atoms with E-state index in [1.165, 1.54) is 161 Å². The fraction of sp³-hybridized carbons (Fsp3) is 0.754. The average Bonchev–Trinajstić information content (AvgIpc) is 3.36. The maximum atomic E-state index is 12.9. The third-order valence-electron chi connectivity index (χ3n) is 12.9. The molecule has 0 aliphatic carbocycles. The molecule has 0 aromatic carbocycles. The van der Waals surface area contributed by atoms with Gasteiger partial charge in [-0.25, -0.2) is 0 Å². The van der Waals surface area contributed by atoms with Gasteiger partial charge in [-0.3, -0.25) is 9.59 Å². The van der Waals surface area contributed by atoms with Crippen molar-refractivity contribution in [1.29, 1.82) is 0 Å². The van der Waals surface area contributed by atoms with E-state index in [0.717, 1.165) is 96.3 Å². The van der Waals surface area contributed by atoms with Gasteiger partial charge in [0, 0.05) is 19.4 Å². The number of ether oxygens (including phenoxy) is 3. The molecule has 0 rings (SSSR count). The molecule has 0 heterocycles. The highest BCUT2D eigenvalue weighted by molar-refractivity contribution is 5.70. The van der Waals surface area contributed by atoms with Gasteiger partial charge in [-0.1, -0.05) is 266 Å². The molecule has 0 amide bonds. The van der Waals surface area contributed by atoms with Crippen LogP contribution in [0, 0.1) is 0 Å². The zero-order valence-electron chi connectivity index (χ0n) is 46.5. The van der Waals surface area contributed by atoms with Gasteiger partial charge < -0.3 is 14.2 Å². The number of esters is 2. The van der Waals surface area contributed by atoms with E-state index >= 15 is 0 Å². The highest BCUT2D eigenvalue weighted by atomic mass is 16.6. The standard InChI is InChI=1S/C65H114O5/c1-4-7-10-13-16-19-22-25-28-31-33-35-37-40-43-46-49-52-55-58-64(66)69-62-63(61-68-60-57-54-51-48-45-42-39-30-27-24-21-18-15-12-9-6-3)70-65(67)59-56-53-50-47-44-41-38-36-34-32-29-26-23-20-17-14-11-8-5-2/h7,10,16-17,19-20,25-26,28-29,33,35,40,43,63H,4-6,8-9,11-15,18,21-24,27,30-32,34,36-39,41-42,44-62H2,1-3H3/b10-7-,19-16-,20-17-,28-25-,29-26-,35-33-,43-40-/t63-/m1/s1. The van der Waals surface area contributed by atoms with Crippen LogP contribution in [-0.4, -0.2) is 37.9 Å². The Bertz CT molecular complexity index is 1290. The van der Waals surface area contributed by atoms with Gasteiger partial charge in [-0.2, -0.15) is 0 Å². The Hall–Kier alpha value is -2.92. The maximum absolute atomic E-state index is 12.9. The predicted molar refractivity (Wildman–Crippen MR) is 307 cm³/mol. The van der Waals surface area contributed by atoms with Crippen LogP contribution in [0.15, 0.2) is 85.1 Å². The Labute approximate surface area is 435 Å². The SMILES string of the molecule is CC/C=C\C/C=C\C/C=C\C/C=C\C/C=C\CCCCCC(=O)OC[C@@H](COCCCCCCCCCCCCCCCCCC)OC(=O)CCCCCCCCCCC/C=C\C/C=C\CCCCC. The summed E-state index contributed by atoms with van der Waals surface area (Å²) in [4.78, 5) is 25.6. The lowest BCUT2D eigenvalue weighted by molar-refractivity contribution is -0.163. The van der Waals surface area contributed by atoms with Crippen LogP contribution in [-0.2, 0) is 23.8 Å². The topological polar surface area (TPSA) is 61.8 Å². The third-order valence-corrected chi connectivity index (χ3v) is 12.9. The molecule has 5 heteroatoms. The van der Waals surface area contributed by atoms with Crippen LogP contribution < -0.4 is 0 Å². The van der Waals surface area contributed by atoms with E-state index in [2.05, 4.69) is 106 Å². The van der Waals surface area contributed by atoms with Gasteiger partial charge in [0.25, 0.3) is 0 Å². The highest BCUT2D eigenvalue weighted by Gasteiger charge is 2.17. The van der Waals surface area contributed by atoms with Crippen molar-refractivity contribution in [2.45, 2.75) is 297 Å². The summed E-state index contributed by atoms with van der Waals surface area (Å²) >= 11 is 0. The first-order valence-corrected chi connectivity index (χ1v) is 30.1. The van der Waals surface area contributed by atoms with Gasteiger partial charge in [0.1, 0.15) is 6.61 Å². The monoisotopic (exact) mass is 975 g/mol. The molecule has 0 aliphatic rings. The molecule has 0 radical (unpaired) electrons. The quantitative estimate of drug-likeness (QED) is 0.0345. The van der Waals surface area contributed by atoms with E-state index in [-0.39, 0.29) is 25.2 Å². The summed E-state index contributed by atoms with van der Waals surface area (Å²) in [5.41, 5.74) is 0. The predicted octanol–water partition coefficient (Wildman–Crippen LogP) is 20.8. The second kappa shape index (κ2) is 60.4. The largest absolute Gasteiger partial charge is 0.462 e. The Balaban J connectivity index is 4.33. The van der Waals surface area contributed by atoms with Crippen LogP contribution in [0.25, 0.3) is 0 Å². The molecule has 0 spiro atoms. The first-order valence-electron chi connectivity index (χ1n) is 30.1. The second-order valence-corrected chi connectivity index (χ2v) is 19.9. The number of rotatable bonds is 55. The van der Waals surface area contributed by atoms with Gasteiger partial charge in [0.05, 0.1) is 6.61 Å². The molecule has 404 valence electrons. The summed E-state index contributed by atoms with van der Waals surface area (Å²) in [6.07, 6.45) is 80.3. The number of carbonyl (C=O) groups excluding carboxylic acids is 2. The lowest BCUT2D eigenvalue weighted by Gasteiger charge is -2.18. The van der Waals surface area contributed by atoms with E-state index in [1.807, 2.05) is 0 Å². The molecular formula is C65H114O5. The second-order valence-electron chi connectivity index (χ2n) is 19.9. The highest BCUT2D eigenvalue weighted by Crippen LogP contribution is 2.16. The third kappa shape index (κ3) is 57.7. The smallest absolute Gasteiger partial charge is 0.306 e. The van der Waals surface area contributed by atoms with Crippen molar-refractivity contribution in [3.05, 3.63) is 85.1 Å². The van der Waals surface area contributed by atoms with Crippen molar-refractivity contribution in [2.24, 2.45) is 0 Å². The summed E-state index contributed by atoms with van der Waals surface area (Å²) < 4.78 is 17.5. The van der Waals surface area contributed by atoms with Crippen molar-refractivity contribution < 1.29 is 23.8 Å². The van der Waals surface area contributed by atoms with E-state index in [9.17, 15) is 9.59 Å². The lowest BCUT2D eigenvalue weighted by atomic mass is 10.0. The Morgan fingerprint density at radius 1 is 0.329 bits per heavy atom. The van der Waals surface area contributed by atoms with E-state index < -0.39 is 6.10 Å². The summed E-state index contributed by atoms with van der Waals surface area (Å²) in [5, 5.41) is 0.